The second-order valence-corrected chi connectivity index (χ2v) is 2.05. The lowest BCUT2D eigenvalue weighted by molar-refractivity contribution is -0.275. The van der Waals surface area contributed by atoms with Crippen LogP contribution in [0.1, 0.15) is 0 Å². The summed E-state index contributed by atoms with van der Waals surface area (Å²) in [5, 5.41) is 1.40. The highest BCUT2D eigenvalue weighted by Gasteiger charge is 2.31. The lowest BCUT2D eigenvalue weighted by Gasteiger charge is -2.03. The molecule has 0 aliphatic carbocycles. The molecule has 0 saturated carbocycles. The molecule has 0 fully saturated rings. The molecule has 0 unspecified atom stereocenters. The average molecular weight is 169 g/mol. The zero-order chi connectivity index (χ0) is 7.61. The number of aromatic nitrogens is 1. The maximum atomic E-state index is 11.4. The minimum Gasteiger partial charge on any atom is -0.387 e. The zero-order valence-corrected chi connectivity index (χ0v) is 5.37. The standard InChI is InChI=1S/C4H2F3NOS/c5-4(6,7)9-3-1-2-10-8-3/h1-2H. The van der Waals surface area contributed by atoms with Crippen molar-refractivity contribution >= 4 is 11.5 Å². The van der Waals surface area contributed by atoms with Gasteiger partial charge in [-0.05, 0) is 11.5 Å². The van der Waals surface area contributed by atoms with Crippen LogP contribution in [0.2, 0.25) is 0 Å². The molecule has 0 aromatic carbocycles. The van der Waals surface area contributed by atoms with E-state index in [0.717, 1.165) is 17.6 Å². The fraction of sp³-hybridized carbons (Fsp3) is 0.250. The van der Waals surface area contributed by atoms with E-state index in [4.69, 9.17) is 0 Å². The molecule has 0 atom stereocenters. The molecule has 0 aliphatic heterocycles. The van der Waals surface area contributed by atoms with Crippen molar-refractivity contribution in [3.8, 4) is 5.88 Å². The van der Waals surface area contributed by atoms with Gasteiger partial charge in [0.2, 0.25) is 5.88 Å². The first-order valence-corrected chi connectivity index (χ1v) is 3.08. The van der Waals surface area contributed by atoms with Crippen LogP contribution in [-0.2, 0) is 0 Å². The van der Waals surface area contributed by atoms with Crippen LogP contribution in [0.5, 0.6) is 5.88 Å². The van der Waals surface area contributed by atoms with Gasteiger partial charge < -0.3 is 4.74 Å². The second-order valence-electron chi connectivity index (χ2n) is 1.39. The Morgan fingerprint density at radius 2 is 2.20 bits per heavy atom. The number of hydrogen-bond donors (Lipinski definition) is 0. The van der Waals surface area contributed by atoms with Crippen LogP contribution in [0.15, 0.2) is 11.4 Å². The van der Waals surface area contributed by atoms with E-state index in [2.05, 4.69) is 9.11 Å². The van der Waals surface area contributed by atoms with Crippen molar-refractivity contribution in [2.75, 3.05) is 0 Å². The highest BCUT2D eigenvalue weighted by molar-refractivity contribution is 7.03. The Bertz CT molecular complexity index is 195. The Morgan fingerprint density at radius 3 is 2.60 bits per heavy atom. The van der Waals surface area contributed by atoms with E-state index in [1.165, 1.54) is 5.38 Å². The van der Waals surface area contributed by atoms with Gasteiger partial charge in [-0.1, -0.05) is 0 Å². The van der Waals surface area contributed by atoms with E-state index < -0.39 is 12.2 Å². The van der Waals surface area contributed by atoms with Crippen LogP contribution < -0.4 is 4.74 Å². The van der Waals surface area contributed by atoms with Gasteiger partial charge in [-0.15, -0.1) is 13.2 Å². The number of halogens is 3. The molecule has 2 nitrogen and oxygen atoms in total. The molecule has 0 bridgehead atoms. The Kier molecular flexibility index (Phi) is 1.80. The molecule has 0 saturated heterocycles. The van der Waals surface area contributed by atoms with E-state index in [1.807, 2.05) is 0 Å². The topological polar surface area (TPSA) is 22.1 Å². The second kappa shape index (κ2) is 2.45. The van der Waals surface area contributed by atoms with E-state index in [9.17, 15) is 13.2 Å². The number of hydrogen-bond acceptors (Lipinski definition) is 3. The van der Waals surface area contributed by atoms with Gasteiger partial charge in [-0.25, -0.2) is 0 Å². The van der Waals surface area contributed by atoms with E-state index >= 15 is 0 Å². The number of rotatable bonds is 1. The predicted molar refractivity (Wildman–Crippen MR) is 28.8 cm³/mol. The summed E-state index contributed by atoms with van der Waals surface area (Å²) in [5.74, 6) is -0.405. The quantitative estimate of drug-likeness (QED) is 0.641. The lowest BCUT2D eigenvalue weighted by atomic mass is 10.7. The van der Waals surface area contributed by atoms with Crippen molar-refractivity contribution in [2.24, 2.45) is 0 Å². The van der Waals surface area contributed by atoms with Crippen molar-refractivity contribution in [2.45, 2.75) is 6.36 Å². The molecule has 1 aromatic rings. The summed E-state index contributed by atoms with van der Waals surface area (Å²) >= 11 is 0.905. The molecule has 56 valence electrons. The van der Waals surface area contributed by atoms with Gasteiger partial charge in [0, 0.05) is 11.4 Å². The highest BCUT2D eigenvalue weighted by atomic mass is 32.1. The van der Waals surface area contributed by atoms with Crippen molar-refractivity contribution in [3.05, 3.63) is 11.4 Å². The summed E-state index contributed by atoms with van der Waals surface area (Å²) in [5.41, 5.74) is 0. The zero-order valence-electron chi connectivity index (χ0n) is 4.55. The molecule has 10 heavy (non-hydrogen) atoms. The van der Waals surface area contributed by atoms with Crippen molar-refractivity contribution < 1.29 is 17.9 Å². The van der Waals surface area contributed by atoms with Crippen LogP contribution >= 0.6 is 11.5 Å². The largest absolute Gasteiger partial charge is 0.574 e. The summed E-state index contributed by atoms with van der Waals surface area (Å²) in [6.07, 6.45) is -4.63. The number of alkyl halides is 3. The Morgan fingerprint density at radius 1 is 1.50 bits per heavy atom. The Balaban J connectivity index is 2.57. The summed E-state index contributed by atoms with van der Waals surface area (Å²) in [6, 6.07) is 1.15. The highest BCUT2D eigenvalue weighted by Crippen LogP contribution is 2.21. The molecule has 1 heterocycles. The third-order valence-electron chi connectivity index (χ3n) is 0.634. The monoisotopic (exact) mass is 169 g/mol. The maximum Gasteiger partial charge on any atom is 0.574 e. The molecule has 0 radical (unpaired) electrons. The first-order valence-electron chi connectivity index (χ1n) is 2.24. The van der Waals surface area contributed by atoms with E-state index in [-0.39, 0.29) is 0 Å². The summed E-state index contributed by atoms with van der Waals surface area (Å²) in [7, 11) is 0. The molecule has 1 rings (SSSR count). The smallest absolute Gasteiger partial charge is 0.387 e. The van der Waals surface area contributed by atoms with Crippen LogP contribution in [0.3, 0.4) is 0 Å². The SMILES string of the molecule is FC(F)(F)Oc1ccsn1. The van der Waals surface area contributed by atoms with Gasteiger partial charge >= 0.3 is 6.36 Å². The molecule has 6 heteroatoms. The Labute approximate surface area is 58.4 Å². The number of nitrogens with zero attached hydrogens (tertiary/aromatic N) is 1. The normalized spacial score (nSPS) is 11.5. The van der Waals surface area contributed by atoms with Crippen LogP contribution in [0.25, 0.3) is 0 Å². The fourth-order valence-electron chi connectivity index (χ4n) is 0.373. The van der Waals surface area contributed by atoms with Crippen LogP contribution in [-0.4, -0.2) is 10.7 Å². The van der Waals surface area contributed by atoms with Crippen LogP contribution in [0.4, 0.5) is 13.2 Å². The van der Waals surface area contributed by atoms with Gasteiger partial charge in [-0.3, -0.25) is 0 Å². The van der Waals surface area contributed by atoms with Gasteiger partial charge in [0.05, 0.1) is 0 Å². The lowest BCUT2D eigenvalue weighted by Crippen LogP contribution is -2.17. The molecule has 1 aromatic heterocycles. The van der Waals surface area contributed by atoms with Gasteiger partial charge in [-0.2, -0.15) is 4.37 Å². The maximum absolute atomic E-state index is 11.4. The average Bonchev–Trinajstić information content (AvgIpc) is 2.12. The molecule has 0 spiro atoms. The van der Waals surface area contributed by atoms with Gasteiger partial charge in [0.15, 0.2) is 0 Å². The molecular weight excluding hydrogens is 167 g/mol. The first-order chi connectivity index (χ1) is 4.58. The summed E-state index contributed by atoms with van der Waals surface area (Å²) in [4.78, 5) is 0. The molecular formula is C4H2F3NOS. The third kappa shape index (κ3) is 2.22. The minimum absolute atomic E-state index is 0.405. The first kappa shape index (κ1) is 7.33. The summed E-state index contributed by atoms with van der Waals surface area (Å²) < 4.78 is 40.8. The van der Waals surface area contributed by atoms with E-state index in [0.29, 0.717) is 0 Å². The minimum atomic E-state index is -4.63. The molecule has 0 N–H and O–H groups in total. The van der Waals surface area contributed by atoms with Crippen molar-refractivity contribution in [1.82, 2.24) is 4.37 Å². The van der Waals surface area contributed by atoms with Gasteiger partial charge in [0.25, 0.3) is 0 Å². The molecule has 0 amide bonds. The van der Waals surface area contributed by atoms with Crippen molar-refractivity contribution in [1.29, 1.82) is 0 Å². The van der Waals surface area contributed by atoms with E-state index in [1.54, 1.807) is 0 Å². The van der Waals surface area contributed by atoms with Gasteiger partial charge in [0.1, 0.15) is 0 Å². The van der Waals surface area contributed by atoms with Crippen LogP contribution in [0, 0.1) is 0 Å². The number of ether oxygens (including phenoxy) is 1. The fourth-order valence-corrected chi connectivity index (χ4v) is 0.813. The summed E-state index contributed by atoms with van der Waals surface area (Å²) in [6.45, 7) is 0. The van der Waals surface area contributed by atoms with Crippen molar-refractivity contribution in [3.63, 3.8) is 0 Å². The predicted octanol–water partition coefficient (Wildman–Crippen LogP) is 2.04. The third-order valence-corrected chi connectivity index (χ3v) is 1.18. The Hall–Kier alpha value is -0.780. The molecule has 0 aliphatic rings.